The first-order chi connectivity index (χ1) is 8.27. The van der Waals surface area contributed by atoms with Crippen LogP contribution in [0, 0.1) is 11.7 Å². The molecule has 0 saturated carbocycles. The van der Waals surface area contributed by atoms with E-state index in [0.717, 1.165) is 6.07 Å². The van der Waals surface area contributed by atoms with Crippen molar-refractivity contribution in [1.29, 1.82) is 0 Å². The van der Waals surface area contributed by atoms with Crippen LogP contribution in [0.25, 0.3) is 0 Å². The van der Waals surface area contributed by atoms with Crippen molar-refractivity contribution in [2.24, 2.45) is 5.92 Å². The van der Waals surface area contributed by atoms with E-state index in [4.69, 9.17) is 0 Å². The minimum atomic E-state index is -4.75. The molecular formula is C12H13F4NO. The molecule has 1 aromatic rings. The van der Waals surface area contributed by atoms with E-state index in [1.165, 1.54) is 0 Å². The Morgan fingerprint density at radius 3 is 2.44 bits per heavy atom. The second-order valence-electron chi connectivity index (χ2n) is 4.02. The average Bonchev–Trinajstić information content (AvgIpc) is 2.26. The van der Waals surface area contributed by atoms with Crippen molar-refractivity contribution in [3.05, 3.63) is 35.1 Å². The van der Waals surface area contributed by atoms with Crippen molar-refractivity contribution in [2.45, 2.75) is 13.1 Å². The van der Waals surface area contributed by atoms with E-state index < -0.39 is 29.3 Å². The van der Waals surface area contributed by atoms with Crippen LogP contribution in [0.5, 0.6) is 0 Å². The van der Waals surface area contributed by atoms with E-state index in [1.807, 2.05) is 0 Å². The van der Waals surface area contributed by atoms with E-state index in [9.17, 15) is 22.4 Å². The van der Waals surface area contributed by atoms with Gasteiger partial charge < -0.3 is 5.32 Å². The summed E-state index contributed by atoms with van der Waals surface area (Å²) in [6.45, 7) is 2.00. The number of halogens is 4. The third-order valence-corrected chi connectivity index (χ3v) is 2.52. The van der Waals surface area contributed by atoms with E-state index in [1.54, 1.807) is 14.0 Å². The first-order valence-electron chi connectivity index (χ1n) is 5.33. The van der Waals surface area contributed by atoms with E-state index in [2.05, 4.69) is 5.32 Å². The van der Waals surface area contributed by atoms with Gasteiger partial charge >= 0.3 is 6.18 Å². The Hall–Kier alpha value is -1.43. The minimum absolute atomic E-state index is 0.0525. The van der Waals surface area contributed by atoms with Gasteiger partial charge in [-0.05, 0) is 19.2 Å². The Balaban J connectivity index is 3.01. The maximum absolute atomic E-state index is 13.3. The zero-order valence-electron chi connectivity index (χ0n) is 9.94. The van der Waals surface area contributed by atoms with Crippen molar-refractivity contribution in [1.82, 2.24) is 5.32 Å². The molecule has 0 aliphatic carbocycles. The summed E-state index contributed by atoms with van der Waals surface area (Å²) in [5, 5.41) is 2.77. The largest absolute Gasteiger partial charge is 0.419 e. The van der Waals surface area contributed by atoms with Crippen LogP contribution in [-0.4, -0.2) is 19.4 Å². The third-order valence-electron chi connectivity index (χ3n) is 2.52. The Labute approximate surface area is 102 Å². The summed E-state index contributed by atoms with van der Waals surface area (Å²) < 4.78 is 50.2. The molecule has 0 amide bonds. The molecule has 0 heterocycles. The molecule has 1 atom stereocenters. The number of rotatable bonds is 4. The summed E-state index contributed by atoms with van der Waals surface area (Å²) >= 11 is 0. The van der Waals surface area contributed by atoms with Gasteiger partial charge in [-0.3, -0.25) is 4.79 Å². The second-order valence-corrected chi connectivity index (χ2v) is 4.02. The molecule has 0 spiro atoms. The minimum Gasteiger partial charge on any atom is -0.319 e. The molecule has 0 bridgehead atoms. The summed E-state index contributed by atoms with van der Waals surface area (Å²) in [7, 11) is 1.65. The predicted octanol–water partition coefficient (Wildman–Crippen LogP) is 2.88. The number of benzene rings is 1. The summed E-state index contributed by atoms with van der Waals surface area (Å²) in [6.07, 6.45) is -4.75. The summed E-state index contributed by atoms with van der Waals surface area (Å²) in [5.74, 6) is -2.24. The number of hydrogen-bond acceptors (Lipinski definition) is 2. The van der Waals surface area contributed by atoms with Crippen molar-refractivity contribution in [2.75, 3.05) is 13.6 Å². The Kier molecular flexibility index (Phi) is 4.45. The lowest BCUT2D eigenvalue weighted by atomic mass is 9.98. The topological polar surface area (TPSA) is 29.1 Å². The molecule has 1 unspecified atom stereocenters. The Morgan fingerprint density at radius 2 is 2.00 bits per heavy atom. The number of ketones is 1. The van der Waals surface area contributed by atoms with Crippen molar-refractivity contribution in [3.8, 4) is 0 Å². The first kappa shape index (κ1) is 14.6. The maximum atomic E-state index is 13.3. The molecule has 1 N–H and O–H groups in total. The van der Waals surface area contributed by atoms with Gasteiger partial charge in [-0.2, -0.15) is 13.2 Å². The zero-order chi connectivity index (χ0) is 13.9. The highest BCUT2D eigenvalue weighted by Crippen LogP contribution is 2.31. The molecule has 0 radical (unpaired) electrons. The number of alkyl halides is 3. The van der Waals surface area contributed by atoms with Crippen LogP contribution in [0.3, 0.4) is 0 Å². The summed E-state index contributed by atoms with van der Waals surface area (Å²) in [4.78, 5) is 11.8. The second kappa shape index (κ2) is 5.48. The van der Waals surface area contributed by atoms with Crippen LogP contribution in [0.1, 0.15) is 22.8 Å². The average molecular weight is 263 g/mol. The smallest absolute Gasteiger partial charge is 0.319 e. The van der Waals surface area contributed by atoms with Crippen molar-refractivity contribution < 1.29 is 22.4 Å². The lowest BCUT2D eigenvalue weighted by molar-refractivity contribution is -0.140. The number of carbonyl (C=O) groups is 1. The van der Waals surface area contributed by atoms with Crippen LogP contribution in [0.2, 0.25) is 0 Å². The van der Waals surface area contributed by atoms with Crippen LogP contribution < -0.4 is 5.32 Å². The molecule has 1 rings (SSSR count). The van der Waals surface area contributed by atoms with Crippen LogP contribution in [0.4, 0.5) is 17.6 Å². The highest BCUT2D eigenvalue weighted by Gasteiger charge is 2.34. The number of carbonyl (C=O) groups excluding carboxylic acids is 1. The summed E-state index contributed by atoms with van der Waals surface area (Å²) in [6, 6.07) is 2.23. The third kappa shape index (κ3) is 3.29. The van der Waals surface area contributed by atoms with E-state index in [0.29, 0.717) is 18.7 Å². The molecule has 0 saturated heterocycles. The maximum Gasteiger partial charge on any atom is 0.419 e. The fourth-order valence-corrected chi connectivity index (χ4v) is 1.58. The molecule has 6 heteroatoms. The van der Waals surface area contributed by atoms with Gasteiger partial charge in [-0.1, -0.05) is 13.0 Å². The molecule has 0 aliphatic heterocycles. The van der Waals surface area contributed by atoms with E-state index >= 15 is 0 Å². The molecule has 100 valence electrons. The predicted molar refractivity (Wildman–Crippen MR) is 58.8 cm³/mol. The molecular weight excluding hydrogens is 250 g/mol. The normalized spacial score (nSPS) is 13.4. The first-order valence-corrected chi connectivity index (χ1v) is 5.33. The Morgan fingerprint density at radius 1 is 1.39 bits per heavy atom. The standard InChI is InChI=1S/C12H13F4NO/c1-7(6-17-2)11(18)8-3-4-9(10(13)5-8)12(14,15)16/h3-5,7,17H,6H2,1-2H3. The van der Waals surface area contributed by atoms with Gasteiger partial charge in [0.1, 0.15) is 5.82 Å². The fourth-order valence-electron chi connectivity index (χ4n) is 1.58. The van der Waals surface area contributed by atoms with Crippen LogP contribution in [-0.2, 0) is 6.18 Å². The lowest BCUT2D eigenvalue weighted by Gasteiger charge is -2.12. The number of Topliss-reactive ketones (excluding diaryl/α,β-unsaturated/α-hetero) is 1. The summed E-state index contributed by atoms with van der Waals surface area (Å²) in [5.41, 5.74) is -1.41. The van der Waals surface area contributed by atoms with Crippen molar-refractivity contribution >= 4 is 5.78 Å². The molecule has 0 aliphatic rings. The van der Waals surface area contributed by atoms with E-state index in [-0.39, 0.29) is 5.56 Å². The van der Waals surface area contributed by atoms with Gasteiger partial charge in [-0.25, -0.2) is 4.39 Å². The zero-order valence-corrected chi connectivity index (χ0v) is 9.94. The van der Waals surface area contributed by atoms with Gasteiger partial charge in [0.2, 0.25) is 0 Å². The highest BCUT2D eigenvalue weighted by molar-refractivity contribution is 5.97. The van der Waals surface area contributed by atoms with Gasteiger partial charge in [0.05, 0.1) is 5.56 Å². The molecule has 1 aromatic carbocycles. The number of hydrogen-bond donors (Lipinski definition) is 1. The highest BCUT2D eigenvalue weighted by atomic mass is 19.4. The molecule has 0 aromatic heterocycles. The fraction of sp³-hybridized carbons (Fsp3) is 0.417. The lowest BCUT2D eigenvalue weighted by Crippen LogP contribution is -2.24. The number of nitrogens with one attached hydrogen (secondary N) is 1. The SMILES string of the molecule is CNCC(C)C(=O)c1ccc(C(F)(F)F)c(F)c1. The van der Waals surface area contributed by atoms with Gasteiger partial charge in [0, 0.05) is 18.0 Å². The van der Waals surface area contributed by atoms with Crippen LogP contribution in [0.15, 0.2) is 18.2 Å². The van der Waals surface area contributed by atoms with Gasteiger partial charge in [-0.15, -0.1) is 0 Å². The quantitative estimate of drug-likeness (QED) is 0.668. The molecule has 0 fully saturated rings. The molecule has 2 nitrogen and oxygen atoms in total. The molecule has 18 heavy (non-hydrogen) atoms. The van der Waals surface area contributed by atoms with Gasteiger partial charge in [0.15, 0.2) is 5.78 Å². The van der Waals surface area contributed by atoms with Crippen LogP contribution >= 0.6 is 0 Å². The van der Waals surface area contributed by atoms with Crippen molar-refractivity contribution in [3.63, 3.8) is 0 Å². The van der Waals surface area contributed by atoms with Gasteiger partial charge in [0.25, 0.3) is 0 Å². The Bertz CT molecular complexity index is 442. The monoisotopic (exact) mass is 263 g/mol.